The third-order valence-corrected chi connectivity index (χ3v) is 3.48. The van der Waals surface area contributed by atoms with E-state index in [1.54, 1.807) is 0 Å². The van der Waals surface area contributed by atoms with Gasteiger partial charge in [0.25, 0.3) is 0 Å². The van der Waals surface area contributed by atoms with Crippen LogP contribution in [0.5, 0.6) is 0 Å². The molecule has 0 saturated carbocycles. The molecule has 0 aliphatic heterocycles. The van der Waals surface area contributed by atoms with Gasteiger partial charge in [0.2, 0.25) is 0 Å². The molecule has 5 nitrogen and oxygen atoms in total. The molecular formula is C14H17N5. The Bertz CT molecular complexity index is 690. The van der Waals surface area contributed by atoms with Gasteiger partial charge in [-0.2, -0.15) is 5.10 Å². The number of benzene rings is 1. The minimum Gasteiger partial charge on any atom is -0.272 e. The molecule has 98 valence electrons. The van der Waals surface area contributed by atoms with Crippen molar-refractivity contribution in [1.29, 1.82) is 0 Å². The Labute approximate surface area is 112 Å². The number of azide groups is 1. The third kappa shape index (κ3) is 2.20. The standard InChI is InChI=1S/C14H17N5/c1-8-6-9(2)13(12(7-8)16-18-15)14-10(3)11(4)19(5)17-14/h6-7H,1-5H3. The van der Waals surface area contributed by atoms with Crippen molar-refractivity contribution in [2.75, 3.05) is 0 Å². The van der Waals surface area contributed by atoms with Crippen LogP contribution >= 0.6 is 0 Å². The zero-order valence-electron chi connectivity index (χ0n) is 11.9. The third-order valence-electron chi connectivity index (χ3n) is 3.48. The molecule has 0 amide bonds. The van der Waals surface area contributed by atoms with Crippen molar-refractivity contribution in [2.24, 2.45) is 12.2 Å². The highest BCUT2D eigenvalue weighted by Crippen LogP contribution is 2.36. The summed E-state index contributed by atoms with van der Waals surface area (Å²) in [6, 6.07) is 3.97. The van der Waals surface area contributed by atoms with Gasteiger partial charge in [-0.15, -0.1) is 0 Å². The number of hydrogen-bond donors (Lipinski definition) is 0. The van der Waals surface area contributed by atoms with E-state index in [2.05, 4.69) is 21.2 Å². The molecule has 2 aromatic rings. The average molecular weight is 255 g/mol. The fraction of sp³-hybridized carbons (Fsp3) is 0.357. The van der Waals surface area contributed by atoms with Gasteiger partial charge in [0, 0.05) is 28.9 Å². The summed E-state index contributed by atoms with van der Waals surface area (Å²) in [5.41, 5.74) is 15.6. The van der Waals surface area contributed by atoms with E-state index in [-0.39, 0.29) is 0 Å². The lowest BCUT2D eigenvalue weighted by molar-refractivity contribution is 0.741. The van der Waals surface area contributed by atoms with Crippen molar-refractivity contribution in [3.8, 4) is 11.3 Å². The molecule has 0 unspecified atom stereocenters. The fourth-order valence-corrected chi connectivity index (χ4v) is 2.33. The maximum atomic E-state index is 8.73. The summed E-state index contributed by atoms with van der Waals surface area (Å²) in [7, 11) is 1.92. The van der Waals surface area contributed by atoms with Gasteiger partial charge in [-0.25, -0.2) is 0 Å². The van der Waals surface area contributed by atoms with Crippen molar-refractivity contribution in [2.45, 2.75) is 27.7 Å². The lowest BCUT2D eigenvalue weighted by Gasteiger charge is -2.09. The van der Waals surface area contributed by atoms with Crippen LogP contribution in [0, 0.1) is 27.7 Å². The maximum Gasteiger partial charge on any atom is 0.0962 e. The second-order valence-electron chi connectivity index (χ2n) is 4.85. The van der Waals surface area contributed by atoms with Gasteiger partial charge in [0.1, 0.15) is 0 Å². The molecule has 5 heteroatoms. The van der Waals surface area contributed by atoms with Gasteiger partial charge in [-0.1, -0.05) is 16.7 Å². The minimum atomic E-state index is 0.640. The van der Waals surface area contributed by atoms with Crippen LogP contribution in [0.4, 0.5) is 5.69 Å². The van der Waals surface area contributed by atoms with Gasteiger partial charge < -0.3 is 0 Å². The highest BCUT2D eigenvalue weighted by Gasteiger charge is 2.16. The van der Waals surface area contributed by atoms with Gasteiger partial charge in [0.15, 0.2) is 0 Å². The first-order valence-electron chi connectivity index (χ1n) is 6.12. The Balaban J connectivity index is 2.80. The molecule has 0 N–H and O–H groups in total. The van der Waals surface area contributed by atoms with Crippen LogP contribution in [0.3, 0.4) is 0 Å². The van der Waals surface area contributed by atoms with Gasteiger partial charge >= 0.3 is 0 Å². The average Bonchev–Trinajstić information content (AvgIpc) is 2.57. The second-order valence-corrected chi connectivity index (χ2v) is 4.85. The molecule has 1 aromatic carbocycles. The van der Waals surface area contributed by atoms with E-state index < -0.39 is 0 Å². The largest absolute Gasteiger partial charge is 0.272 e. The number of aromatic nitrogens is 2. The monoisotopic (exact) mass is 255 g/mol. The van der Waals surface area contributed by atoms with Crippen LogP contribution in [-0.4, -0.2) is 9.78 Å². The predicted molar refractivity (Wildman–Crippen MR) is 76.4 cm³/mol. The van der Waals surface area contributed by atoms with Crippen molar-refractivity contribution in [1.82, 2.24) is 9.78 Å². The van der Waals surface area contributed by atoms with Crippen molar-refractivity contribution >= 4 is 5.69 Å². The van der Waals surface area contributed by atoms with E-state index in [0.717, 1.165) is 33.6 Å². The molecule has 0 saturated heterocycles. The lowest BCUT2D eigenvalue weighted by atomic mass is 9.98. The molecular weight excluding hydrogens is 238 g/mol. The molecule has 0 fully saturated rings. The molecule has 0 bridgehead atoms. The smallest absolute Gasteiger partial charge is 0.0962 e. The van der Waals surface area contributed by atoms with Crippen molar-refractivity contribution < 1.29 is 0 Å². The van der Waals surface area contributed by atoms with E-state index >= 15 is 0 Å². The molecule has 19 heavy (non-hydrogen) atoms. The molecule has 1 aromatic heterocycles. The minimum absolute atomic E-state index is 0.640. The lowest BCUT2D eigenvalue weighted by Crippen LogP contribution is -1.93. The molecule has 0 spiro atoms. The van der Waals surface area contributed by atoms with E-state index in [0.29, 0.717) is 5.69 Å². The number of nitrogens with zero attached hydrogens (tertiary/aromatic N) is 5. The summed E-state index contributed by atoms with van der Waals surface area (Å²) in [4.78, 5) is 2.92. The topological polar surface area (TPSA) is 66.6 Å². The van der Waals surface area contributed by atoms with Crippen LogP contribution in [0.15, 0.2) is 17.2 Å². The Morgan fingerprint density at radius 1 is 1.21 bits per heavy atom. The van der Waals surface area contributed by atoms with Crippen LogP contribution in [0.1, 0.15) is 22.4 Å². The molecule has 0 radical (unpaired) electrons. The Morgan fingerprint density at radius 3 is 2.42 bits per heavy atom. The summed E-state index contributed by atoms with van der Waals surface area (Å²) in [6.07, 6.45) is 0. The number of aryl methyl sites for hydroxylation is 3. The molecule has 2 rings (SSSR count). The van der Waals surface area contributed by atoms with Crippen LogP contribution in [0.2, 0.25) is 0 Å². The normalized spacial score (nSPS) is 10.4. The molecule has 0 aliphatic rings. The summed E-state index contributed by atoms with van der Waals surface area (Å²) in [5.74, 6) is 0. The second kappa shape index (κ2) is 4.78. The quantitative estimate of drug-likeness (QED) is 0.449. The van der Waals surface area contributed by atoms with Gasteiger partial charge in [-0.3, -0.25) is 4.68 Å². The van der Waals surface area contributed by atoms with E-state index in [9.17, 15) is 0 Å². The van der Waals surface area contributed by atoms with Gasteiger partial charge in [0.05, 0.1) is 5.69 Å². The number of hydrogen-bond acceptors (Lipinski definition) is 2. The van der Waals surface area contributed by atoms with Crippen molar-refractivity contribution in [3.05, 3.63) is 45.0 Å². The van der Waals surface area contributed by atoms with Crippen molar-refractivity contribution in [3.63, 3.8) is 0 Å². The molecule has 0 atom stereocenters. The summed E-state index contributed by atoms with van der Waals surface area (Å²) in [6.45, 7) is 8.07. The number of rotatable bonds is 2. The maximum absolute atomic E-state index is 8.73. The first kappa shape index (κ1) is 13.2. The summed E-state index contributed by atoms with van der Waals surface area (Å²) in [5, 5.41) is 8.36. The summed E-state index contributed by atoms with van der Waals surface area (Å²) < 4.78 is 1.85. The Hall–Kier alpha value is -2.26. The molecule has 0 aliphatic carbocycles. The van der Waals surface area contributed by atoms with Crippen LogP contribution in [0.25, 0.3) is 21.7 Å². The highest BCUT2D eigenvalue weighted by molar-refractivity contribution is 5.79. The Morgan fingerprint density at radius 2 is 1.89 bits per heavy atom. The Kier molecular flexibility index (Phi) is 3.32. The van der Waals surface area contributed by atoms with E-state index in [1.165, 1.54) is 0 Å². The van der Waals surface area contributed by atoms with Gasteiger partial charge in [-0.05, 0) is 50.4 Å². The zero-order valence-corrected chi connectivity index (χ0v) is 11.9. The zero-order chi connectivity index (χ0) is 14.2. The highest BCUT2D eigenvalue weighted by atomic mass is 15.3. The fourth-order valence-electron chi connectivity index (χ4n) is 2.33. The first-order valence-corrected chi connectivity index (χ1v) is 6.12. The predicted octanol–water partition coefficient (Wildman–Crippen LogP) is 4.26. The summed E-state index contributed by atoms with van der Waals surface area (Å²) >= 11 is 0. The van der Waals surface area contributed by atoms with E-state index in [1.807, 2.05) is 45.5 Å². The van der Waals surface area contributed by atoms with E-state index in [4.69, 9.17) is 5.53 Å². The van der Waals surface area contributed by atoms with Crippen LogP contribution in [-0.2, 0) is 7.05 Å². The first-order chi connectivity index (χ1) is 8.95. The molecule has 1 heterocycles. The SMILES string of the molecule is Cc1cc(C)c(-c2nn(C)c(C)c2C)c(N=[N+]=[N-])c1. The van der Waals surface area contributed by atoms with Crippen LogP contribution < -0.4 is 0 Å².